The highest BCUT2D eigenvalue weighted by atomic mass is 19.1. The van der Waals surface area contributed by atoms with Crippen LogP contribution in [0.2, 0.25) is 0 Å². The standard InChI is InChI=1S/C32H33FN4O4/c33-24-14-7-13-23(17-24)20-26-30(39)36-27(19-22-11-5-2-6-12-22)32(41)37-16-8-15-28(37)31(40)35-25(29(38)34-26)18-21-9-3-1-4-10-21/h1-7,9-14,17,25-28H,8,15-16,18-20H2,(H,34,38)(H,35,40)(H,36,39)/t25-,26+,27-,28+/m0/s1. The SMILES string of the molecule is O=C1N[C@H](Cc2cccc(F)c2)C(=O)N[C@@H](Cc2ccccc2)C(=O)N2CCC[C@@H]2C(=O)N[C@H]1Cc1ccccc1. The lowest BCUT2D eigenvalue weighted by molar-refractivity contribution is -0.143. The summed E-state index contributed by atoms with van der Waals surface area (Å²) >= 11 is 0. The lowest BCUT2D eigenvalue weighted by atomic mass is 9.99. The predicted octanol–water partition coefficient (Wildman–Crippen LogP) is 2.31. The Morgan fingerprint density at radius 3 is 1.76 bits per heavy atom. The second-order valence-corrected chi connectivity index (χ2v) is 10.6. The van der Waals surface area contributed by atoms with Gasteiger partial charge in [0.25, 0.3) is 0 Å². The van der Waals surface area contributed by atoms with E-state index in [0.717, 1.165) is 11.1 Å². The molecule has 5 rings (SSSR count). The molecule has 4 atom stereocenters. The molecule has 2 heterocycles. The van der Waals surface area contributed by atoms with Gasteiger partial charge in [-0.15, -0.1) is 0 Å². The number of hydrogen-bond acceptors (Lipinski definition) is 4. The van der Waals surface area contributed by atoms with Crippen LogP contribution in [0.5, 0.6) is 0 Å². The summed E-state index contributed by atoms with van der Waals surface area (Å²) in [6.45, 7) is 0.375. The molecule has 9 heteroatoms. The van der Waals surface area contributed by atoms with Crippen LogP contribution >= 0.6 is 0 Å². The zero-order valence-corrected chi connectivity index (χ0v) is 22.6. The summed E-state index contributed by atoms with van der Waals surface area (Å²) in [5, 5.41) is 8.51. The van der Waals surface area contributed by atoms with E-state index in [1.807, 2.05) is 60.7 Å². The fourth-order valence-corrected chi connectivity index (χ4v) is 5.53. The monoisotopic (exact) mass is 556 g/mol. The first-order valence-corrected chi connectivity index (χ1v) is 13.9. The van der Waals surface area contributed by atoms with Crippen molar-refractivity contribution in [3.8, 4) is 0 Å². The van der Waals surface area contributed by atoms with Crippen molar-refractivity contribution >= 4 is 23.6 Å². The van der Waals surface area contributed by atoms with Gasteiger partial charge in [-0.25, -0.2) is 4.39 Å². The second-order valence-electron chi connectivity index (χ2n) is 10.6. The van der Waals surface area contributed by atoms with E-state index in [1.165, 1.54) is 23.1 Å². The minimum absolute atomic E-state index is 0.0000759. The van der Waals surface area contributed by atoms with Crippen LogP contribution in [0.3, 0.4) is 0 Å². The summed E-state index contributed by atoms with van der Waals surface area (Å²) in [5.41, 5.74) is 2.17. The van der Waals surface area contributed by atoms with E-state index in [1.54, 1.807) is 6.07 Å². The molecule has 8 nitrogen and oxygen atoms in total. The number of benzene rings is 3. The van der Waals surface area contributed by atoms with Gasteiger partial charge in [-0.1, -0.05) is 72.8 Å². The van der Waals surface area contributed by atoms with Crippen molar-refractivity contribution in [2.75, 3.05) is 6.54 Å². The minimum Gasteiger partial charge on any atom is -0.342 e. The molecular weight excluding hydrogens is 523 g/mol. The first-order valence-electron chi connectivity index (χ1n) is 13.9. The smallest absolute Gasteiger partial charge is 0.246 e. The summed E-state index contributed by atoms with van der Waals surface area (Å²) in [6, 6.07) is 20.6. The third-order valence-corrected chi connectivity index (χ3v) is 7.61. The number of nitrogens with zero attached hydrogens (tertiary/aromatic N) is 1. The molecule has 0 spiro atoms. The molecule has 2 aliphatic rings. The molecule has 2 fully saturated rings. The molecule has 0 bridgehead atoms. The van der Waals surface area contributed by atoms with Crippen molar-refractivity contribution in [1.82, 2.24) is 20.9 Å². The van der Waals surface area contributed by atoms with E-state index in [-0.39, 0.29) is 25.2 Å². The number of amides is 4. The summed E-state index contributed by atoms with van der Waals surface area (Å²) in [5.74, 6) is -2.31. The van der Waals surface area contributed by atoms with Crippen molar-refractivity contribution in [1.29, 1.82) is 0 Å². The molecule has 3 aromatic rings. The largest absolute Gasteiger partial charge is 0.342 e. The molecule has 0 radical (unpaired) electrons. The Hall–Kier alpha value is -4.53. The number of carbonyl (C=O) groups excluding carboxylic acids is 4. The molecule has 2 aliphatic heterocycles. The van der Waals surface area contributed by atoms with Crippen LogP contribution < -0.4 is 16.0 Å². The summed E-state index contributed by atoms with van der Waals surface area (Å²) < 4.78 is 14.0. The molecule has 0 saturated carbocycles. The quantitative estimate of drug-likeness (QED) is 0.433. The summed E-state index contributed by atoms with van der Waals surface area (Å²) in [7, 11) is 0. The molecule has 0 unspecified atom stereocenters. The Morgan fingerprint density at radius 2 is 1.15 bits per heavy atom. The Kier molecular flexibility index (Phi) is 8.72. The fraction of sp³-hybridized carbons (Fsp3) is 0.312. The average Bonchev–Trinajstić information content (AvgIpc) is 3.47. The zero-order chi connectivity index (χ0) is 28.8. The van der Waals surface area contributed by atoms with E-state index in [4.69, 9.17) is 0 Å². The van der Waals surface area contributed by atoms with Gasteiger partial charge in [-0.3, -0.25) is 19.2 Å². The number of fused-ring (bicyclic) bond motifs is 1. The highest BCUT2D eigenvalue weighted by Crippen LogP contribution is 2.21. The normalized spacial score (nSPS) is 23.5. The molecule has 3 aromatic carbocycles. The molecule has 41 heavy (non-hydrogen) atoms. The lowest BCUT2D eigenvalue weighted by Gasteiger charge is -2.32. The van der Waals surface area contributed by atoms with Gasteiger partial charge < -0.3 is 20.9 Å². The van der Waals surface area contributed by atoms with Crippen LogP contribution in [-0.4, -0.2) is 59.2 Å². The van der Waals surface area contributed by atoms with E-state index in [2.05, 4.69) is 16.0 Å². The van der Waals surface area contributed by atoms with Crippen molar-refractivity contribution in [2.45, 2.75) is 56.3 Å². The van der Waals surface area contributed by atoms with Crippen LogP contribution in [0.15, 0.2) is 84.9 Å². The molecule has 212 valence electrons. The maximum absolute atomic E-state index is 14.0. The van der Waals surface area contributed by atoms with Gasteiger partial charge in [-0.2, -0.15) is 0 Å². The van der Waals surface area contributed by atoms with Crippen molar-refractivity contribution < 1.29 is 23.6 Å². The van der Waals surface area contributed by atoms with E-state index in [9.17, 15) is 23.6 Å². The number of hydrogen-bond donors (Lipinski definition) is 3. The van der Waals surface area contributed by atoms with Gasteiger partial charge in [0, 0.05) is 25.8 Å². The lowest BCUT2D eigenvalue weighted by Crippen LogP contribution is -2.62. The maximum Gasteiger partial charge on any atom is 0.246 e. The van der Waals surface area contributed by atoms with Gasteiger partial charge >= 0.3 is 0 Å². The number of carbonyl (C=O) groups is 4. The van der Waals surface area contributed by atoms with Gasteiger partial charge in [0.1, 0.15) is 30.0 Å². The summed E-state index contributed by atoms with van der Waals surface area (Å²) in [4.78, 5) is 56.3. The third-order valence-electron chi connectivity index (χ3n) is 7.61. The van der Waals surface area contributed by atoms with Crippen LogP contribution in [0, 0.1) is 5.82 Å². The molecular formula is C32H33FN4O4. The Balaban J connectivity index is 1.49. The number of nitrogens with one attached hydrogen (secondary N) is 3. The summed E-state index contributed by atoms with van der Waals surface area (Å²) in [6.07, 6.45) is 1.51. The second kappa shape index (κ2) is 12.8. The Labute approximate surface area is 238 Å². The molecule has 3 N–H and O–H groups in total. The predicted molar refractivity (Wildman–Crippen MR) is 151 cm³/mol. The third kappa shape index (κ3) is 6.98. The zero-order valence-electron chi connectivity index (χ0n) is 22.6. The number of rotatable bonds is 6. The van der Waals surface area contributed by atoms with Gasteiger partial charge in [-0.05, 0) is 41.7 Å². The number of halogens is 1. The van der Waals surface area contributed by atoms with E-state index >= 15 is 0 Å². The van der Waals surface area contributed by atoms with E-state index < -0.39 is 47.7 Å². The fourth-order valence-electron chi connectivity index (χ4n) is 5.53. The van der Waals surface area contributed by atoms with E-state index in [0.29, 0.717) is 24.9 Å². The topological polar surface area (TPSA) is 108 Å². The van der Waals surface area contributed by atoms with Crippen LogP contribution in [0.25, 0.3) is 0 Å². The first kappa shape index (κ1) is 28.0. The van der Waals surface area contributed by atoms with Crippen LogP contribution in [0.4, 0.5) is 4.39 Å². The van der Waals surface area contributed by atoms with Gasteiger partial charge in [0.15, 0.2) is 0 Å². The highest BCUT2D eigenvalue weighted by molar-refractivity contribution is 5.98. The van der Waals surface area contributed by atoms with Crippen LogP contribution in [0.1, 0.15) is 29.5 Å². The highest BCUT2D eigenvalue weighted by Gasteiger charge is 2.40. The Morgan fingerprint density at radius 1 is 0.634 bits per heavy atom. The van der Waals surface area contributed by atoms with Crippen molar-refractivity contribution in [2.24, 2.45) is 0 Å². The molecule has 2 saturated heterocycles. The maximum atomic E-state index is 14.0. The minimum atomic E-state index is -1.11. The molecule has 0 aliphatic carbocycles. The van der Waals surface area contributed by atoms with Crippen molar-refractivity contribution in [3.63, 3.8) is 0 Å². The van der Waals surface area contributed by atoms with Crippen molar-refractivity contribution in [3.05, 3.63) is 107 Å². The molecule has 0 aromatic heterocycles. The van der Waals surface area contributed by atoms with Gasteiger partial charge in [0.2, 0.25) is 23.6 Å². The average molecular weight is 557 g/mol. The first-order chi connectivity index (χ1) is 19.9. The Bertz CT molecular complexity index is 1400. The van der Waals surface area contributed by atoms with Gasteiger partial charge in [0.05, 0.1) is 0 Å². The molecule has 4 amide bonds. The van der Waals surface area contributed by atoms with Crippen LogP contribution in [-0.2, 0) is 38.4 Å².